The molecule has 16 heavy (non-hydrogen) atoms. The fourth-order valence-corrected chi connectivity index (χ4v) is 1.47. The molecule has 1 N–H and O–H groups in total. The Labute approximate surface area is 97.4 Å². The van der Waals surface area contributed by atoms with Crippen LogP contribution in [0.5, 0.6) is 0 Å². The van der Waals surface area contributed by atoms with E-state index in [1.807, 2.05) is 19.1 Å². The second kappa shape index (κ2) is 6.83. The van der Waals surface area contributed by atoms with Gasteiger partial charge in [0, 0.05) is 5.69 Å². The third-order valence-electron chi connectivity index (χ3n) is 2.36. The summed E-state index contributed by atoms with van der Waals surface area (Å²) in [6, 6.07) is 8.04. The quantitative estimate of drug-likeness (QED) is 0.751. The number of hydrogen-bond donors (Lipinski definition) is 1. The molecule has 2 nitrogen and oxygen atoms in total. The van der Waals surface area contributed by atoms with Crippen LogP contribution in [0.3, 0.4) is 0 Å². The molecule has 0 fully saturated rings. The Balaban J connectivity index is 2.54. The number of allylic oxidation sites excluding steroid dienone is 1. The monoisotopic (exact) mass is 217 g/mol. The number of benzene rings is 1. The van der Waals surface area contributed by atoms with Crippen LogP contribution in [0, 0.1) is 0 Å². The van der Waals surface area contributed by atoms with Crippen molar-refractivity contribution < 1.29 is 4.79 Å². The first-order chi connectivity index (χ1) is 7.76. The lowest BCUT2D eigenvalue weighted by Gasteiger charge is -2.04. The van der Waals surface area contributed by atoms with Gasteiger partial charge in [-0.3, -0.25) is 4.79 Å². The first-order valence-corrected chi connectivity index (χ1v) is 5.79. The van der Waals surface area contributed by atoms with Crippen LogP contribution in [0.2, 0.25) is 0 Å². The Morgan fingerprint density at radius 1 is 1.31 bits per heavy atom. The summed E-state index contributed by atoms with van der Waals surface area (Å²) in [7, 11) is 0. The van der Waals surface area contributed by atoms with Crippen LogP contribution in [0.15, 0.2) is 36.4 Å². The number of hydrogen-bond acceptors (Lipinski definition) is 1. The SMILES string of the molecule is CC=CC(=O)Nc1ccc(CCCC)cc1. The van der Waals surface area contributed by atoms with E-state index in [0.717, 1.165) is 12.1 Å². The molecule has 2 heteroatoms. The van der Waals surface area contributed by atoms with Gasteiger partial charge in [-0.1, -0.05) is 31.6 Å². The Kier molecular flexibility index (Phi) is 5.34. The highest BCUT2D eigenvalue weighted by molar-refractivity contribution is 5.99. The van der Waals surface area contributed by atoms with Gasteiger partial charge in [0.1, 0.15) is 0 Å². The number of nitrogens with one attached hydrogen (secondary N) is 1. The van der Waals surface area contributed by atoms with Gasteiger partial charge in [0.05, 0.1) is 0 Å². The van der Waals surface area contributed by atoms with Crippen molar-refractivity contribution in [1.82, 2.24) is 0 Å². The van der Waals surface area contributed by atoms with E-state index < -0.39 is 0 Å². The van der Waals surface area contributed by atoms with E-state index in [4.69, 9.17) is 0 Å². The topological polar surface area (TPSA) is 29.1 Å². The number of carbonyl (C=O) groups excluding carboxylic acids is 1. The largest absolute Gasteiger partial charge is 0.323 e. The molecule has 0 aromatic heterocycles. The lowest BCUT2D eigenvalue weighted by molar-refractivity contribution is -0.111. The summed E-state index contributed by atoms with van der Waals surface area (Å²) < 4.78 is 0. The van der Waals surface area contributed by atoms with Crippen LogP contribution in [0.25, 0.3) is 0 Å². The molecule has 0 saturated carbocycles. The van der Waals surface area contributed by atoms with Gasteiger partial charge >= 0.3 is 0 Å². The summed E-state index contributed by atoms with van der Waals surface area (Å²) in [6.07, 6.45) is 6.78. The lowest BCUT2D eigenvalue weighted by atomic mass is 10.1. The fraction of sp³-hybridized carbons (Fsp3) is 0.357. The summed E-state index contributed by atoms with van der Waals surface area (Å²) in [5.41, 5.74) is 2.18. The van der Waals surface area contributed by atoms with E-state index in [0.29, 0.717) is 0 Å². The van der Waals surface area contributed by atoms with Crippen LogP contribution in [-0.4, -0.2) is 5.91 Å². The summed E-state index contributed by atoms with van der Waals surface area (Å²) in [6.45, 7) is 4.01. The van der Waals surface area contributed by atoms with Gasteiger partial charge in [-0.15, -0.1) is 0 Å². The van der Waals surface area contributed by atoms with Crippen LogP contribution < -0.4 is 5.32 Å². The highest BCUT2D eigenvalue weighted by atomic mass is 16.1. The van der Waals surface area contributed by atoms with E-state index in [1.165, 1.54) is 24.5 Å². The predicted octanol–water partition coefficient (Wildman–Crippen LogP) is 3.54. The molecule has 1 rings (SSSR count). The predicted molar refractivity (Wildman–Crippen MR) is 68.5 cm³/mol. The molecule has 0 radical (unpaired) electrons. The first kappa shape index (κ1) is 12.5. The minimum absolute atomic E-state index is 0.0798. The maximum absolute atomic E-state index is 11.3. The molecule has 0 unspecified atom stereocenters. The molecule has 1 amide bonds. The van der Waals surface area contributed by atoms with E-state index in [2.05, 4.69) is 24.4 Å². The minimum atomic E-state index is -0.0798. The van der Waals surface area contributed by atoms with Crippen molar-refractivity contribution in [3.8, 4) is 0 Å². The standard InChI is InChI=1S/C14H19NO/c1-3-5-7-12-8-10-13(11-9-12)15-14(16)6-4-2/h4,6,8-11H,3,5,7H2,1-2H3,(H,15,16). The van der Waals surface area contributed by atoms with Crippen LogP contribution in [-0.2, 0) is 11.2 Å². The average Bonchev–Trinajstić information content (AvgIpc) is 2.28. The molecule has 0 aliphatic rings. The third-order valence-corrected chi connectivity index (χ3v) is 2.36. The normalized spacial score (nSPS) is 10.6. The third kappa shape index (κ3) is 4.30. The van der Waals surface area contributed by atoms with E-state index in [1.54, 1.807) is 6.08 Å². The van der Waals surface area contributed by atoms with Crippen molar-refractivity contribution >= 4 is 11.6 Å². The lowest BCUT2D eigenvalue weighted by Crippen LogP contribution is -2.07. The van der Waals surface area contributed by atoms with Gasteiger partial charge in [-0.25, -0.2) is 0 Å². The fourth-order valence-electron chi connectivity index (χ4n) is 1.47. The number of unbranched alkanes of at least 4 members (excludes halogenated alkanes) is 1. The zero-order chi connectivity index (χ0) is 11.8. The molecule has 1 aromatic carbocycles. The molecule has 0 saturated heterocycles. The molecule has 0 spiro atoms. The van der Waals surface area contributed by atoms with Crippen LogP contribution in [0.4, 0.5) is 5.69 Å². The van der Waals surface area contributed by atoms with Crippen LogP contribution in [0.1, 0.15) is 32.3 Å². The van der Waals surface area contributed by atoms with Crippen molar-refractivity contribution in [2.45, 2.75) is 33.1 Å². The smallest absolute Gasteiger partial charge is 0.248 e. The Morgan fingerprint density at radius 3 is 2.56 bits per heavy atom. The van der Waals surface area contributed by atoms with Gasteiger partial charge in [-0.2, -0.15) is 0 Å². The first-order valence-electron chi connectivity index (χ1n) is 5.79. The molecular formula is C14H19NO. The molecule has 0 bridgehead atoms. The number of amides is 1. The van der Waals surface area contributed by atoms with E-state index in [9.17, 15) is 4.79 Å². The molecular weight excluding hydrogens is 198 g/mol. The molecule has 0 aliphatic carbocycles. The van der Waals surface area contributed by atoms with Crippen molar-refractivity contribution in [3.05, 3.63) is 42.0 Å². The highest BCUT2D eigenvalue weighted by Crippen LogP contribution is 2.11. The molecule has 1 aromatic rings. The number of anilines is 1. The average molecular weight is 217 g/mol. The summed E-state index contributed by atoms with van der Waals surface area (Å²) >= 11 is 0. The van der Waals surface area contributed by atoms with Gasteiger partial charge < -0.3 is 5.32 Å². The molecule has 0 atom stereocenters. The molecule has 0 heterocycles. The molecule has 0 aliphatic heterocycles. The Morgan fingerprint density at radius 2 is 2.00 bits per heavy atom. The minimum Gasteiger partial charge on any atom is -0.323 e. The van der Waals surface area contributed by atoms with Crippen LogP contribution >= 0.6 is 0 Å². The molecule has 86 valence electrons. The second-order valence-electron chi connectivity index (χ2n) is 3.79. The van der Waals surface area contributed by atoms with E-state index in [-0.39, 0.29) is 5.91 Å². The number of carbonyl (C=O) groups is 1. The second-order valence-corrected chi connectivity index (χ2v) is 3.79. The van der Waals surface area contributed by atoms with Gasteiger partial charge in [0.15, 0.2) is 0 Å². The van der Waals surface area contributed by atoms with Gasteiger partial charge in [0.25, 0.3) is 0 Å². The van der Waals surface area contributed by atoms with Crippen molar-refractivity contribution in [2.24, 2.45) is 0 Å². The summed E-state index contributed by atoms with van der Waals surface area (Å²) in [5, 5.41) is 2.80. The van der Waals surface area contributed by atoms with Gasteiger partial charge in [0.2, 0.25) is 5.91 Å². The number of aryl methyl sites for hydroxylation is 1. The summed E-state index contributed by atoms with van der Waals surface area (Å²) in [5.74, 6) is -0.0798. The van der Waals surface area contributed by atoms with Gasteiger partial charge in [-0.05, 0) is 43.5 Å². The Bertz CT molecular complexity index is 352. The van der Waals surface area contributed by atoms with Crippen molar-refractivity contribution in [1.29, 1.82) is 0 Å². The van der Waals surface area contributed by atoms with Crippen molar-refractivity contribution in [3.63, 3.8) is 0 Å². The maximum Gasteiger partial charge on any atom is 0.248 e. The Hall–Kier alpha value is -1.57. The zero-order valence-electron chi connectivity index (χ0n) is 9.99. The highest BCUT2D eigenvalue weighted by Gasteiger charge is 1.97. The number of rotatable bonds is 5. The van der Waals surface area contributed by atoms with E-state index >= 15 is 0 Å². The maximum atomic E-state index is 11.3. The zero-order valence-corrected chi connectivity index (χ0v) is 9.99. The van der Waals surface area contributed by atoms with Crippen molar-refractivity contribution in [2.75, 3.05) is 5.32 Å². The summed E-state index contributed by atoms with van der Waals surface area (Å²) in [4.78, 5) is 11.3.